The van der Waals surface area contributed by atoms with Crippen molar-refractivity contribution in [1.82, 2.24) is 10.2 Å². The van der Waals surface area contributed by atoms with Gasteiger partial charge < -0.3 is 0 Å². The fourth-order valence-electron chi connectivity index (χ4n) is 1.40. The molecule has 1 aromatic heterocycles. The second-order valence-corrected chi connectivity index (χ2v) is 3.74. The van der Waals surface area contributed by atoms with E-state index in [1.807, 2.05) is 19.1 Å². The molecule has 0 amide bonds. The number of aromatic nitrogens is 2. The highest BCUT2D eigenvalue weighted by atomic mass is 79.9. The Morgan fingerprint density at radius 1 is 1.54 bits per heavy atom. The minimum absolute atomic E-state index is 0.458. The van der Waals surface area contributed by atoms with Gasteiger partial charge in [-0.1, -0.05) is 15.9 Å². The summed E-state index contributed by atoms with van der Waals surface area (Å²) in [4.78, 5) is 0. The molecule has 0 radical (unpaired) electrons. The number of hydrogen-bond acceptors (Lipinski definition) is 2. The summed E-state index contributed by atoms with van der Waals surface area (Å²) < 4.78 is 0.991. The van der Waals surface area contributed by atoms with Crippen LogP contribution in [-0.2, 0) is 0 Å². The molecule has 0 saturated carbocycles. The van der Waals surface area contributed by atoms with Gasteiger partial charge in [-0.25, -0.2) is 0 Å². The molecule has 0 aliphatic heterocycles. The van der Waals surface area contributed by atoms with Crippen molar-refractivity contribution in [1.29, 1.82) is 5.26 Å². The van der Waals surface area contributed by atoms with Gasteiger partial charge in [0.05, 0.1) is 5.52 Å². The maximum absolute atomic E-state index is 8.77. The quantitative estimate of drug-likeness (QED) is 0.763. The summed E-state index contributed by atoms with van der Waals surface area (Å²) in [6, 6.07) is 5.94. The van der Waals surface area contributed by atoms with Gasteiger partial charge in [-0.15, -0.1) is 0 Å². The maximum Gasteiger partial charge on any atom is 0.170 e. The highest BCUT2D eigenvalue weighted by Gasteiger charge is 2.07. The Kier molecular flexibility index (Phi) is 1.82. The summed E-state index contributed by atoms with van der Waals surface area (Å²) in [5.41, 5.74) is 2.40. The van der Waals surface area contributed by atoms with E-state index < -0.39 is 0 Å². The summed E-state index contributed by atoms with van der Waals surface area (Å²) >= 11 is 3.38. The topological polar surface area (TPSA) is 52.5 Å². The molecule has 1 aromatic carbocycles. The first-order valence-corrected chi connectivity index (χ1v) is 4.56. The average Bonchev–Trinajstić information content (AvgIpc) is 2.47. The van der Waals surface area contributed by atoms with E-state index in [4.69, 9.17) is 5.26 Å². The van der Waals surface area contributed by atoms with E-state index >= 15 is 0 Å². The zero-order valence-electron chi connectivity index (χ0n) is 6.93. The number of rotatable bonds is 0. The van der Waals surface area contributed by atoms with Crippen molar-refractivity contribution in [2.75, 3.05) is 0 Å². The van der Waals surface area contributed by atoms with Crippen LogP contribution in [0.1, 0.15) is 11.3 Å². The van der Waals surface area contributed by atoms with Gasteiger partial charge in [0.2, 0.25) is 0 Å². The Bertz CT molecular complexity index is 507. The van der Waals surface area contributed by atoms with Gasteiger partial charge in [0.15, 0.2) is 5.69 Å². The van der Waals surface area contributed by atoms with E-state index in [0.717, 1.165) is 20.9 Å². The van der Waals surface area contributed by atoms with Crippen molar-refractivity contribution in [2.45, 2.75) is 6.92 Å². The van der Waals surface area contributed by atoms with Crippen molar-refractivity contribution in [3.05, 3.63) is 27.9 Å². The summed E-state index contributed by atoms with van der Waals surface area (Å²) in [7, 11) is 0. The Labute approximate surface area is 83.5 Å². The van der Waals surface area contributed by atoms with Crippen LogP contribution in [0.15, 0.2) is 16.6 Å². The number of aromatic amines is 1. The Morgan fingerprint density at radius 3 is 3.00 bits per heavy atom. The van der Waals surface area contributed by atoms with E-state index in [0.29, 0.717) is 5.69 Å². The minimum atomic E-state index is 0.458. The van der Waals surface area contributed by atoms with Crippen molar-refractivity contribution < 1.29 is 0 Å². The molecular weight excluding hydrogens is 230 g/mol. The molecule has 64 valence electrons. The molecule has 0 spiro atoms. The highest BCUT2D eigenvalue weighted by molar-refractivity contribution is 9.10. The molecule has 4 heteroatoms. The highest BCUT2D eigenvalue weighted by Crippen LogP contribution is 2.24. The molecule has 0 atom stereocenters. The summed E-state index contributed by atoms with van der Waals surface area (Å²) in [5.74, 6) is 0. The maximum atomic E-state index is 8.77. The smallest absolute Gasteiger partial charge is 0.170 e. The molecule has 2 aromatic rings. The predicted molar refractivity (Wildman–Crippen MR) is 53.2 cm³/mol. The Balaban J connectivity index is 2.92. The van der Waals surface area contributed by atoms with Gasteiger partial charge in [0, 0.05) is 9.86 Å². The number of halogens is 1. The van der Waals surface area contributed by atoms with Crippen molar-refractivity contribution in [3.63, 3.8) is 0 Å². The minimum Gasteiger partial charge on any atom is -0.276 e. The van der Waals surface area contributed by atoms with E-state index in [1.165, 1.54) is 0 Å². The fourth-order valence-corrected chi connectivity index (χ4v) is 1.97. The van der Waals surface area contributed by atoms with Gasteiger partial charge in [-0.2, -0.15) is 10.4 Å². The number of benzene rings is 1. The lowest BCUT2D eigenvalue weighted by molar-refractivity contribution is 1.10. The van der Waals surface area contributed by atoms with Crippen molar-refractivity contribution in [3.8, 4) is 6.07 Å². The number of nitrogens with zero attached hydrogens (tertiary/aromatic N) is 2. The zero-order chi connectivity index (χ0) is 9.42. The molecule has 0 aliphatic rings. The normalized spacial score (nSPS) is 10.2. The lowest BCUT2D eigenvalue weighted by Crippen LogP contribution is -1.78. The number of nitrogens with one attached hydrogen (secondary N) is 1. The number of aryl methyl sites for hydroxylation is 1. The van der Waals surface area contributed by atoms with Crippen LogP contribution >= 0.6 is 15.9 Å². The van der Waals surface area contributed by atoms with E-state index in [2.05, 4.69) is 32.2 Å². The monoisotopic (exact) mass is 235 g/mol. The Hall–Kier alpha value is -1.34. The molecule has 0 aliphatic carbocycles. The summed E-state index contributed by atoms with van der Waals surface area (Å²) in [5, 5.41) is 16.4. The van der Waals surface area contributed by atoms with Gasteiger partial charge >= 0.3 is 0 Å². The van der Waals surface area contributed by atoms with Crippen LogP contribution in [0.25, 0.3) is 10.9 Å². The van der Waals surface area contributed by atoms with Crippen LogP contribution in [0.3, 0.4) is 0 Å². The molecular formula is C9H6BrN3. The van der Waals surface area contributed by atoms with Crippen LogP contribution in [-0.4, -0.2) is 10.2 Å². The van der Waals surface area contributed by atoms with Crippen LogP contribution in [0, 0.1) is 18.3 Å². The third-order valence-electron chi connectivity index (χ3n) is 1.93. The Morgan fingerprint density at radius 2 is 2.31 bits per heavy atom. The summed E-state index contributed by atoms with van der Waals surface area (Å²) in [6.45, 7) is 1.96. The summed E-state index contributed by atoms with van der Waals surface area (Å²) in [6.07, 6.45) is 0. The molecule has 1 N–H and O–H groups in total. The zero-order valence-corrected chi connectivity index (χ0v) is 8.51. The van der Waals surface area contributed by atoms with E-state index in [1.54, 1.807) is 0 Å². The molecule has 1 heterocycles. The number of hydrogen-bond donors (Lipinski definition) is 1. The molecule has 3 nitrogen and oxygen atoms in total. The number of nitriles is 1. The molecule has 0 unspecified atom stereocenters. The number of H-pyrrole nitrogens is 1. The lowest BCUT2D eigenvalue weighted by Gasteiger charge is -1.96. The fraction of sp³-hybridized carbons (Fsp3) is 0.111. The van der Waals surface area contributed by atoms with Crippen LogP contribution in [0.2, 0.25) is 0 Å². The van der Waals surface area contributed by atoms with E-state index in [-0.39, 0.29) is 0 Å². The SMILES string of the molecule is Cc1cc(Br)cc2[nH]nc(C#N)c12. The first-order chi connectivity index (χ1) is 6.22. The van der Waals surface area contributed by atoms with Gasteiger partial charge in [0.25, 0.3) is 0 Å². The molecule has 13 heavy (non-hydrogen) atoms. The first kappa shape index (κ1) is 8.27. The first-order valence-electron chi connectivity index (χ1n) is 3.76. The second kappa shape index (κ2) is 2.86. The third kappa shape index (κ3) is 1.21. The average molecular weight is 236 g/mol. The molecule has 0 saturated heterocycles. The third-order valence-corrected chi connectivity index (χ3v) is 2.39. The van der Waals surface area contributed by atoms with Gasteiger partial charge in [-0.05, 0) is 24.6 Å². The second-order valence-electron chi connectivity index (χ2n) is 2.83. The lowest BCUT2D eigenvalue weighted by atomic mass is 10.1. The molecule has 2 rings (SSSR count). The predicted octanol–water partition coefficient (Wildman–Crippen LogP) is 2.51. The largest absolute Gasteiger partial charge is 0.276 e. The standard InChI is InChI=1S/C9H6BrN3/c1-5-2-6(10)3-7-9(5)8(4-11)13-12-7/h2-3H,1H3,(H,12,13). The molecule has 0 fully saturated rings. The van der Waals surface area contributed by atoms with E-state index in [9.17, 15) is 0 Å². The van der Waals surface area contributed by atoms with Crippen molar-refractivity contribution >= 4 is 26.8 Å². The van der Waals surface area contributed by atoms with Crippen LogP contribution < -0.4 is 0 Å². The van der Waals surface area contributed by atoms with Crippen LogP contribution in [0.4, 0.5) is 0 Å². The van der Waals surface area contributed by atoms with Gasteiger partial charge in [-0.3, -0.25) is 5.10 Å². The molecule has 0 bridgehead atoms. The number of fused-ring (bicyclic) bond motifs is 1. The van der Waals surface area contributed by atoms with Gasteiger partial charge in [0.1, 0.15) is 6.07 Å². The van der Waals surface area contributed by atoms with Crippen molar-refractivity contribution in [2.24, 2.45) is 0 Å². The van der Waals surface area contributed by atoms with Crippen LogP contribution in [0.5, 0.6) is 0 Å².